The van der Waals surface area contributed by atoms with Crippen LogP contribution in [0.2, 0.25) is 0 Å². The predicted molar refractivity (Wildman–Crippen MR) is 109 cm³/mol. The summed E-state index contributed by atoms with van der Waals surface area (Å²) in [6, 6.07) is 14.3. The van der Waals surface area contributed by atoms with Crippen molar-refractivity contribution in [2.75, 3.05) is 0 Å². The Kier molecular flexibility index (Phi) is 4.40. The third-order valence-electron chi connectivity index (χ3n) is 4.83. The van der Waals surface area contributed by atoms with Crippen molar-refractivity contribution in [2.24, 2.45) is 0 Å². The molecule has 4 rings (SSSR count). The number of hydrogen-bond donors (Lipinski definition) is 0. The zero-order valence-electron chi connectivity index (χ0n) is 15.4. The number of aryl methyl sites for hydroxylation is 3. The lowest BCUT2D eigenvalue weighted by molar-refractivity contribution is 0.623. The highest BCUT2D eigenvalue weighted by atomic mass is 32.1. The molecule has 3 nitrogen and oxygen atoms in total. The molecular formula is C22H19FN2OS. The van der Waals surface area contributed by atoms with Gasteiger partial charge in [-0.25, -0.2) is 9.37 Å². The number of fused-ring (bicyclic) bond motifs is 1. The van der Waals surface area contributed by atoms with E-state index in [9.17, 15) is 9.18 Å². The first kappa shape index (κ1) is 17.6. The van der Waals surface area contributed by atoms with E-state index in [1.165, 1.54) is 23.5 Å². The van der Waals surface area contributed by atoms with Crippen LogP contribution in [-0.2, 0) is 6.54 Å². The van der Waals surface area contributed by atoms with E-state index in [1.807, 2.05) is 51.1 Å². The van der Waals surface area contributed by atoms with Gasteiger partial charge in [0.2, 0.25) is 0 Å². The highest BCUT2D eigenvalue weighted by Gasteiger charge is 2.18. The Morgan fingerprint density at radius 1 is 1.07 bits per heavy atom. The van der Waals surface area contributed by atoms with Crippen LogP contribution in [-0.4, -0.2) is 9.55 Å². The normalized spacial score (nSPS) is 11.3. The summed E-state index contributed by atoms with van der Waals surface area (Å²) in [7, 11) is 0. The quantitative estimate of drug-likeness (QED) is 0.489. The maximum atomic E-state index is 13.7. The van der Waals surface area contributed by atoms with Crippen LogP contribution >= 0.6 is 11.3 Å². The van der Waals surface area contributed by atoms with E-state index in [0.717, 1.165) is 32.0 Å². The summed E-state index contributed by atoms with van der Waals surface area (Å²) < 4.78 is 15.3. The first-order valence-electron chi connectivity index (χ1n) is 8.76. The lowest BCUT2D eigenvalue weighted by Gasteiger charge is -2.13. The van der Waals surface area contributed by atoms with E-state index >= 15 is 0 Å². The van der Waals surface area contributed by atoms with Gasteiger partial charge in [0.25, 0.3) is 5.56 Å². The molecule has 2 aromatic carbocycles. The van der Waals surface area contributed by atoms with Crippen LogP contribution < -0.4 is 5.56 Å². The van der Waals surface area contributed by atoms with Gasteiger partial charge in [-0.3, -0.25) is 9.36 Å². The zero-order valence-corrected chi connectivity index (χ0v) is 16.2. The molecule has 0 aliphatic rings. The molecule has 0 radical (unpaired) electrons. The summed E-state index contributed by atoms with van der Waals surface area (Å²) in [5.41, 5.74) is 3.63. The van der Waals surface area contributed by atoms with E-state index in [0.29, 0.717) is 11.2 Å². The number of thiophene rings is 1. The fourth-order valence-electron chi connectivity index (χ4n) is 3.21. The lowest BCUT2D eigenvalue weighted by atomic mass is 10.1. The largest absolute Gasteiger partial charge is 0.288 e. The average Bonchev–Trinajstić information content (AvgIpc) is 2.92. The zero-order chi connectivity index (χ0) is 19.1. The minimum Gasteiger partial charge on any atom is -0.288 e. The van der Waals surface area contributed by atoms with Gasteiger partial charge in [0.05, 0.1) is 11.9 Å². The number of hydrogen-bond acceptors (Lipinski definition) is 3. The van der Waals surface area contributed by atoms with Crippen LogP contribution in [0.25, 0.3) is 21.6 Å². The second-order valence-corrected chi connectivity index (χ2v) is 7.99. The summed E-state index contributed by atoms with van der Waals surface area (Å²) in [4.78, 5) is 20.0. The Balaban J connectivity index is 1.99. The Bertz CT molecular complexity index is 1210. The van der Waals surface area contributed by atoms with E-state index < -0.39 is 0 Å². The molecule has 0 aliphatic carbocycles. The molecule has 0 aliphatic heterocycles. The molecule has 136 valence electrons. The molecule has 0 N–H and O–H groups in total. The molecule has 5 heteroatoms. The van der Waals surface area contributed by atoms with Crippen molar-refractivity contribution in [1.29, 1.82) is 0 Å². The molecule has 0 atom stereocenters. The number of aromatic nitrogens is 2. The second-order valence-electron chi connectivity index (χ2n) is 6.79. The van der Waals surface area contributed by atoms with Crippen LogP contribution in [0.15, 0.2) is 53.3 Å². The number of halogens is 1. The van der Waals surface area contributed by atoms with Crippen LogP contribution in [0, 0.1) is 26.6 Å². The third-order valence-corrected chi connectivity index (χ3v) is 5.93. The summed E-state index contributed by atoms with van der Waals surface area (Å²) in [5.74, 6) is 0.298. The smallest absolute Gasteiger partial charge is 0.263 e. The maximum Gasteiger partial charge on any atom is 0.263 e. The molecule has 0 saturated carbocycles. The van der Waals surface area contributed by atoms with Gasteiger partial charge >= 0.3 is 0 Å². The van der Waals surface area contributed by atoms with Crippen molar-refractivity contribution < 1.29 is 4.39 Å². The molecule has 2 heterocycles. The minimum absolute atomic E-state index is 0.0818. The predicted octanol–water partition coefficient (Wildman–Crippen LogP) is 5.24. The van der Waals surface area contributed by atoms with E-state index in [4.69, 9.17) is 4.98 Å². The Morgan fingerprint density at radius 2 is 1.81 bits per heavy atom. The van der Waals surface area contributed by atoms with Crippen molar-refractivity contribution in [3.8, 4) is 11.4 Å². The fraction of sp³-hybridized carbons (Fsp3) is 0.182. The number of benzene rings is 2. The lowest BCUT2D eigenvalue weighted by Crippen LogP contribution is -2.24. The Morgan fingerprint density at radius 3 is 2.52 bits per heavy atom. The van der Waals surface area contributed by atoms with Gasteiger partial charge in [-0.05, 0) is 44.0 Å². The molecule has 2 aromatic heterocycles. The third kappa shape index (κ3) is 3.19. The standard InChI is InChI=1S/C22H19FN2OS/c1-13-7-9-17(10-8-13)20-24-21-19(14(2)15(3)27-21)22(26)25(20)12-16-5-4-6-18(23)11-16/h4-11H,12H2,1-3H3. The molecule has 0 amide bonds. The molecule has 0 fully saturated rings. The minimum atomic E-state index is -0.311. The van der Waals surface area contributed by atoms with Crippen molar-refractivity contribution in [2.45, 2.75) is 27.3 Å². The summed E-state index contributed by atoms with van der Waals surface area (Å²) in [5, 5.41) is 0.657. The molecule has 27 heavy (non-hydrogen) atoms. The monoisotopic (exact) mass is 378 g/mol. The van der Waals surface area contributed by atoms with E-state index in [2.05, 4.69) is 0 Å². The topological polar surface area (TPSA) is 34.9 Å². The fourth-order valence-corrected chi connectivity index (χ4v) is 4.23. The van der Waals surface area contributed by atoms with Gasteiger partial charge in [-0.1, -0.05) is 42.0 Å². The van der Waals surface area contributed by atoms with Gasteiger partial charge in [0.15, 0.2) is 0 Å². The van der Waals surface area contributed by atoms with E-state index in [1.54, 1.807) is 10.6 Å². The number of nitrogens with zero attached hydrogens (tertiary/aromatic N) is 2. The van der Waals surface area contributed by atoms with Crippen LogP contribution in [0.3, 0.4) is 0 Å². The Labute approximate surface area is 160 Å². The molecular weight excluding hydrogens is 359 g/mol. The van der Waals surface area contributed by atoms with Crippen LogP contribution in [0.5, 0.6) is 0 Å². The van der Waals surface area contributed by atoms with Gasteiger partial charge in [0.1, 0.15) is 16.5 Å². The molecule has 0 unspecified atom stereocenters. The van der Waals surface area contributed by atoms with Crippen LogP contribution in [0.1, 0.15) is 21.6 Å². The van der Waals surface area contributed by atoms with Crippen molar-refractivity contribution in [1.82, 2.24) is 9.55 Å². The average molecular weight is 378 g/mol. The van der Waals surface area contributed by atoms with Crippen molar-refractivity contribution in [3.05, 3.63) is 86.3 Å². The van der Waals surface area contributed by atoms with Crippen molar-refractivity contribution in [3.63, 3.8) is 0 Å². The van der Waals surface area contributed by atoms with E-state index in [-0.39, 0.29) is 17.9 Å². The maximum absolute atomic E-state index is 13.7. The first-order chi connectivity index (χ1) is 12.9. The van der Waals surface area contributed by atoms with Gasteiger partial charge in [-0.15, -0.1) is 11.3 Å². The Hall–Kier alpha value is -2.79. The second kappa shape index (κ2) is 6.74. The summed E-state index contributed by atoms with van der Waals surface area (Å²) in [6.45, 7) is 6.25. The molecule has 0 saturated heterocycles. The molecule has 0 spiro atoms. The SMILES string of the molecule is Cc1ccc(-c2nc3sc(C)c(C)c3c(=O)n2Cc2cccc(F)c2)cc1. The van der Waals surface area contributed by atoms with Crippen molar-refractivity contribution >= 4 is 21.6 Å². The molecule has 0 bridgehead atoms. The summed E-state index contributed by atoms with van der Waals surface area (Å²) in [6.07, 6.45) is 0. The molecule has 4 aromatic rings. The highest BCUT2D eigenvalue weighted by Crippen LogP contribution is 2.29. The van der Waals surface area contributed by atoms with Gasteiger partial charge in [0, 0.05) is 10.4 Å². The summed E-state index contributed by atoms with van der Waals surface area (Å²) >= 11 is 1.54. The number of rotatable bonds is 3. The highest BCUT2D eigenvalue weighted by molar-refractivity contribution is 7.18. The van der Waals surface area contributed by atoms with Gasteiger partial charge < -0.3 is 0 Å². The first-order valence-corrected chi connectivity index (χ1v) is 9.57. The van der Waals surface area contributed by atoms with Gasteiger partial charge in [-0.2, -0.15) is 0 Å². The van der Waals surface area contributed by atoms with Crippen LogP contribution in [0.4, 0.5) is 4.39 Å².